The van der Waals surface area contributed by atoms with E-state index in [0.29, 0.717) is 22.2 Å². The standard InChI is InChI=1S/C18H23ClN2O4S3/c1-14-7-8-16(13-17(14)19)27(22,23)20-10-9-15-5-2-3-11-21(15)28(24,25)18-6-4-12-26-18/h4,6-8,12-13,15,20H,2-3,5,9-11H2,1H3. The number of benzene rings is 1. The summed E-state index contributed by atoms with van der Waals surface area (Å²) in [6.45, 7) is 2.43. The Morgan fingerprint density at radius 2 is 2.00 bits per heavy atom. The van der Waals surface area contributed by atoms with Gasteiger partial charge in [0.05, 0.1) is 4.90 Å². The van der Waals surface area contributed by atoms with Gasteiger partial charge in [0.15, 0.2) is 0 Å². The van der Waals surface area contributed by atoms with Crippen LogP contribution in [0.3, 0.4) is 0 Å². The topological polar surface area (TPSA) is 83.6 Å². The first-order valence-electron chi connectivity index (χ1n) is 9.03. The minimum Gasteiger partial charge on any atom is -0.211 e. The molecule has 0 amide bonds. The van der Waals surface area contributed by atoms with Gasteiger partial charge >= 0.3 is 0 Å². The number of piperidine rings is 1. The summed E-state index contributed by atoms with van der Waals surface area (Å²) >= 11 is 7.23. The van der Waals surface area contributed by atoms with Crippen LogP contribution in [0.25, 0.3) is 0 Å². The summed E-state index contributed by atoms with van der Waals surface area (Å²) in [6.07, 6.45) is 2.89. The molecule has 0 bridgehead atoms. The van der Waals surface area contributed by atoms with E-state index in [2.05, 4.69) is 4.72 Å². The monoisotopic (exact) mass is 462 g/mol. The summed E-state index contributed by atoms with van der Waals surface area (Å²) in [5.41, 5.74) is 0.803. The van der Waals surface area contributed by atoms with Gasteiger partial charge in [-0.15, -0.1) is 11.3 Å². The van der Waals surface area contributed by atoms with Gasteiger partial charge in [-0.1, -0.05) is 30.2 Å². The van der Waals surface area contributed by atoms with Gasteiger partial charge in [0.2, 0.25) is 10.0 Å². The smallest absolute Gasteiger partial charge is 0.211 e. The fraction of sp³-hybridized carbons (Fsp3) is 0.444. The van der Waals surface area contributed by atoms with Crippen LogP contribution in [-0.4, -0.2) is 40.3 Å². The highest BCUT2D eigenvalue weighted by molar-refractivity contribution is 7.91. The molecule has 2 aromatic rings. The van der Waals surface area contributed by atoms with Crippen molar-refractivity contribution < 1.29 is 16.8 Å². The third kappa shape index (κ3) is 4.77. The molecule has 0 aliphatic carbocycles. The van der Waals surface area contributed by atoms with Crippen LogP contribution in [0.2, 0.25) is 5.02 Å². The molecule has 1 saturated heterocycles. The molecule has 1 atom stereocenters. The average Bonchev–Trinajstić information content (AvgIpc) is 3.20. The molecule has 0 saturated carbocycles. The first kappa shape index (κ1) is 21.7. The Balaban J connectivity index is 1.67. The zero-order valence-corrected chi connectivity index (χ0v) is 18.7. The van der Waals surface area contributed by atoms with Crippen molar-refractivity contribution in [2.75, 3.05) is 13.1 Å². The number of hydrogen-bond acceptors (Lipinski definition) is 5. The molecule has 1 fully saturated rings. The Hall–Kier alpha value is -0.970. The number of rotatable bonds is 7. The van der Waals surface area contributed by atoms with E-state index in [4.69, 9.17) is 11.6 Å². The number of aryl methyl sites for hydroxylation is 1. The SMILES string of the molecule is Cc1ccc(S(=O)(=O)NCCC2CCCCN2S(=O)(=O)c2cccs2)cc1Cl. The van der Waals surface area contributed by atoms with E-state index in [1.54, 1.807) is 30.5 Å². The molecule has 2 heterocycles. The van der Waals surface area contributed by atoms with Crippen molar-refractivity contribution in [1.29, 1.82) is 0 Å². The summed E-state index contributed by atoms with van der Waals surface area (Å²) in [4.78, 5) is 0.106. The second-order valence-corrected chi connectivity index (χ2v) is 12.0. The molecule has 1 aromatic carbocycles. The van der Waals surface area contributed by atoms with Crippen molar-refractivity contribution >= 4 is 43.0 Å². The predicted molar refractivity (Wildman–Crippen MR) is 112 cm³/mol. The van der Waals surface area contributed by atoms with E-state index in [1.165, 1.54) is 27.8 Å². The summed E-state index contributed by atoms with van der Waals surface area (Å²) in [6, 6.07) is 7.70. The van der Waals surface area contributed by atoms with Crippen LogP contribution in [0.5, 0.6) is 0 Å². The zero-order valence-electron chi connectivity index (χ0n) is 15.5. The Morgan fingerprint density at radius 1 is 1.21 bits per heavy atom. The highest BCUT2D eigenvalue weighted by Crippen LogP contribution is 2.29. The summed E-state index contributed by atoms with van der Waals surface area (Å²) in [5, 5.41) is 2.13. The van der Waals surface area contributed by atoms with E-state index in [-0.39, 0.29) is 17.5 Å². The van der Waals surface area contributed by atoms with Crippen molar-refractivity contribution in [1.82, 2.24) is 9.03 Å². The van der Waals surface area contributed by atoms with Gasteiger partial charge in [-0.2, -0.15) is 4.31 Å². The lowest BCUT2D eigenvalue weighted by atomic mass is 10.0. The van der Waals surface area contributed by atoms with Crippen molar-refractivity contribution in [2.45, 2.75) is 47.8 Å². The molecule has 1 N–H and O–H groups in total. The van der Waals surface area contributed by atoms with E-state index >= 15 is 0 Å². The number of thiophene rings is 1. The molecular formula is C18H23ClN2O4S3. The third-order valence-corrected chi connectivity index (χ3v) is 10.0. The number of hydrogen-bond donors (Lipinski definition) is 1. The number of nitrogens with one attached hydrogen (secondary N) is 1. The minimum atomic E-state index is -3.70. The van der Waals surface area contributed by atoms with Crippen LogP contribution in [0.1, 0.15) is 31.2 Å². The Morgan fingerprint density at radius 3 is 2.68 bits per heavy atom. The number of halogens is 1. The molecule has 1 aliphatic rings. The zero-order chi connectivity index (χ0) is 20.4. The highest BCUT2D eigenvalue weighted by Gasteiger charge is 2.34. The van der Waals surface area contributed by atoms with Gasteiger partial charge < -0.3 is 0 Å². The first-order valence-corrected chi connectivity index (χ1v) is 13.2. The molecule has 0 spiro atoms. The largest absolute Gasteiger partial charge is 0.252 e. The fourth-order valence-corrected chi connectivity index (χ4v) is 7.45. The van der Waals surface area contributed by atoms with E-state index in [0.717, 1.165) is 24.8 Å². The number of nitrogens with zero attached hydrogens (tertiary/aromatic N) is 1. The Bertz CT molecular complexity index is 1020. The molecule has 0 radical (unpaired) electrons. The summed E-state index contributed by atoms with van der Waals surface area (Å²) in [7, 11) is -7.24. The molecule has 10 heteroatoms. The lowest BCUT2D eigenvalue weighted by Crippen LogP contribution is -2.44. The van der Waals surface area contributed by atoms with Gasteiger partial charge in [-0.3, -0.25) is 0 Å². The lowest BCUT2D eigenvalue weighted by Gasteiger charge is -2.34. The maximum atomic E-state index is 12.9. The van der Waals surface area contributed by atoms with Crippen LogP contribution >= 0.6 is 22.9 Å². The molecule has 154 valence electrons. The van der Waals surface area contributed by atoms with Gasteiger partial charge in [-0.05, 0) is 55.3 Å². The third-order valence-electron chi connectivity index (χ3n) is 4.85. The second kappa shape index (κ2) is 8.81. The van der Waals surface area contributed by atoms with E-state index in [1.807, 2.05) is 0 Å². The molecule has 1 unspecified atom stereocenters. The fourth-order valence-electron chi connectivity index (χ4n) is 3.29. The lowest BCUT2D eigenvalue weighted by molar-refractivity contribution is 0.242. The Kier molecular flexibility index (Phi) is 6.84. The van der Waals surface area contributed by atoms with E-state index in [9.17, 15) is 16.8 Å². The Labute approximate surface area is 175 Å². The van der Waals surface area contributed by atoms with Crippen molar-refractivity contribution in [3.8, 4) is 0 Å². The second-order valence-electron chi connectivity index (χ2n) is 6.79. The van der Waals surface area contributed by atoms with Crippen LogP contribution in [0, 0.1) is 6.92 Å². The quantitative estimate of drug-likeness (QED) is 0.681. The first-order chi connectivity index (χ1) is 13.2. The maximum Gasteiger partial charge on any atom is 0.252 e. The van der Waals surface area contributed by atoms with Crippen molar-refractivity contribution in [2.24, 2.45) is 0 Å². The van der Waals surface area contributed by atoms with Crippen molar-refractivity contribution in [3.05, 3.63) is 46.3 Å². The van der Waals surface area contributed by atoms with Crippen LogP contribution in [0.4, 0.5) is 0 Å². The van der Waals surface area contributed by atoms with Crippen LogP contribution in [0.15, 0.2) is 44.8 Å². The highest BCUT2D eigenvalue weighted by atomic mass is 35.5. The normalized spacial score (nSPS) is 19.0. The maximum absolute atomic E-state index is 12.9. The molecule has 28 heavy (non-hydrogen) atoms. The molecule has 1 aromatic heterocycles. The number of sulfonamides is 2. The molecule has 1 aliphatic heterocycles. The van der Waals surface area contributed by atoms with Crippen molar-refractivity contribution in [3.63, 3.8) is 0 Å². The minimum absolute atomic E-state index is 0.106. The van der Waals surface area contributed by atoms with E-state index < -0.39 is 20.0 Å². The van der Waals surface area contributed by atoms with Gasteiger partial charge in [0.1, 0.15) is 4.21 Å². The summed E-state index contributed by atoms with van der Waals surface area (Å²) in [5.74, 6) is 0. The van der Waals surface area contributed by atoms with Crippen LogP contribution < -0.4 is 4.72 Å². The molecular weight excluding hydrogens is 440 g/mol. The van der Waals surface area contributed by atoms with Gasteiger partial charge in [-0.25, -0.2) is 21.6 Å². The van der Waals surface area contributed by atoms with Crippen LogP contribution in [-0.2, 0) is 20.0 Å². The summed E-state index contributed by atoms with van der Waals surface area (Å²) < 4.78 is 55.2. The molecule has 6 nitrogen and oxygen atoms in total. The predicted octanol–water partition coefficient (Wildman–Crippen LogP) is 3.62. The van der Waals surface area contributed by atoms with Gasteiger partial charge in [0.25, 0.3) is 10.0 Å². The van der Waals surface area contributed by atoms with Gasteiger partial charge in [0, 0.05) is 24.2 Å². The average molecular weight is 463 g/mol. The molecule has 3 rings (SSSR count).